The summed E-state index contributed by atoms with van der Waals surface area (Å²) in [5, 5.41) is 0. The van der Waals surface area contributed by atoms with Crippen LogP contribution in [-0.4, -0.2) is 60.4 Å². The van der Waals surface area contributed by atoms with Crippen LogP contribution in [0.15, 0.2) is 0 Å². The Labute approximate surface area is 142 Å². The van der Waals surface area contributed by atoms with Crippen LogP contribution in [0.3, 0.4) is 0 Å². The molecule has 4 nitrogen and oxygen atoms in total. The van der Waals surface area contributed by atoms with E-state index in [4.69, 9.17) is 4.74 Å². The number of carbonyl (C=O) groups is 1. The molecular formula is C17H29F3N2O2. The molecule has 0 radical (unpaired) electrons. The number of hydrogen-bond acceptors (Lipinski definition) is 3. The second kappa shape index (κ2) is 7.50. The first-order valence-corrected chi connectivity index (χ1v) is 8.81. The number of alkyl halides is 3. The number of hydrogen-bond donors (Lipinski definition) is 0. The number of likely N-dealkylation sites (tertiary alicyclic amines) is 2. The molecule has 0 aliphatic carbocycles. The van der Waals surface area contributed by atoms with Crippen LogP contribution in [0.25, 0.3) is 0 Å². The van der Waals surface area contributed by atoms with Crippen molar-refractivity contribution in [2.24, 2.45) is 11.8 Å². The first-order valence-electron chi connectivity index (χ1n) is 8.81. The molecular weight excluding hydrogens is 321 g/mol. The maximum atomic E-state index is 12.7. The highest BCUT2D eigenvalue weighted by atomic mass is 19.4. The Bertz CT molecular complexity index is 419. The quantitative estimate of drug-likeness (QED) is 0.757. The third-order valence-corrected chi connectivity index (χ3v) is 4.83. The molecule has 2 aliphatic rings. The van der Waals surface area contributed by atoms with E-state index < -0.39 is 17.7 Å². The average Bonchev–Trinajstić information content (AvgIpc) is 2.46. The molecule has 0 spiro atoms. The SMILES string of the molecule is CC(C)(C)OC(=O)N1CCC(CN2CCC(C(F)(F)F)CC2)CC1. The van der Waals surface area contributed by atoms with Crippen molar-refractivity contribution in [3.05, 3.63) is 0 Å². The van der Waals surface area contributed by atoms with Crippen LogP contribution in [0.1, 0.15) is 46.5 Å². The van der Waals surface area contributed by atoms with Crippen LogP contribution >= 0.6 is 0 Å². The fraction of sp³-hybridized carbons (Fsp3) is 0.941. The zero-order valence-corrected chi connectivity index (χ0v) is 14.9. The lowest BCUT2D eigenvalue weighted by molar-refractivity contribution is -0.185. The first-order chi connectivity index (χ1) is 11.0. The van der Waals surface area contributed by atoms with Crippen molar-refractivity contribution in [2.75, 3.05) is 32.7 Å². The summed E-state index contributed by atoms with van der Waals surface area (Å²) in [6.45, 7) is 8.77. The minimum atomic E-state index is -4.05. The van der Waals surface area contributed by atoms with E-state index in [1.807, 2.05) is 20.8 Å². The molecule has 1 amide bonds. The molecule has 0 aromatic carbocycles. The van der Waals surface area contributed by atoms with Gasteiger partial charge in [0, 0.05) is 19.6 Å². The fourth-order valence-corrected chi connectivity index (χ4v) is 3.43. The summed E-state index contributed by atoms with van der Waals surface area (Å²) >= 11 is 0. The van der Waals surface area contributed by atoms with Gasteiger partial charge in [-0.1, -0.05) is 0 Å². The summed E-state index contributed by atoms with van der Waals surface area (Å²) in [7, 11) is 0. The molecule has 2 aliphatic heterocycles. The van der Waals surface area contributed by atoms with Crippen LogP contribution in [0.4, 0.5) is 18.0 Å². The Morgan fingerprint density at radius 3 is 2.00 bits per heavy atom. The lowest BCUT2D eigenvalue weighted by atomic mass is 9.92. The maximum absolute atomic E-state index is 12.7. The van der Waals surface area contributed by atoms with Crippen LogP contribution < -0.4 is 0 Å². The summed E-state index contributed by atoms with van der Waals surface area (Å²) in [6.07, 6.45) is -2.13. The monoisotopic (exact) mass is 350 g/mol. The third-order valence-electron chi connectivity index (χ3n) is 4.83. The normalized spacial score (nSPS) is 22.7. The Morgan fingerprint density at radius 1 is 1.00 bits per heavy atom. The molecule has 0 atom stereocenters. The van der Waals surface area contributed by atoms with E-state index in [0.717, 1.165) is 19.4 Å². The van der Waals surface area contributed by atoms with Gasteiger partial charge in [-0.3, -0.25) is 0 Å². The lowest BCUT2D eigenvalue weighted by Gasteiger charge is -2.38. The van der Waals surface area contributed by atoms with Crippen LogP contribution in [0.5, 0.6) is 0 Å². The molecule has 0 unspecified atom stereocenters. The van der Waals surface area contributed by atoms with Gasteiger partial charge in [-0.15, -0.1) is 0 Å². The highest BCUT2D eigenvalue weighted by Gasteiger charge is 2.41. The molecule has 0 saturated carbocycles. The van der Waals surface area contributed by atoms with Gasteiger partial charge in [-0.05, 0) is 65.5 Å². The predicted octanol–water partition coefficient (Wildman–Crippen LogP) is 3.91. The Hall–Kier alpha value is -0.980. The molecule has 24 heavy (non-hydrogen) atoms. The van der Waals surface area contributed by atoms with Gasteiger partial charge in [0.25, 0.3) is 0 Å². The summed E-state index contributed by atoms with van der Waals surface area (Å²) in [4.78, 5) is 15.9. The van der Waals surface area contributed by atoms with Gasteiger partial charge in [0.05, 0.1) is 5.92 Å². The summed E-state index contributed by atoms with van der Waals surface area (Å²) in [5.41, 5.74) is -0.489. The molecule has 2 saturated heterocycles. The van der Waals surface area contributed by atoms with E-state index in [-0.39, 0.29) is 18.9 Å². The predicted molar refractivity (Wildman–Crippen MR) is 85.8 cm³/mol. The average molecular weight is 350 g/mol. The minimum absolute atomic E-state index is 0.209. The standard InChI is InChI=1S/C17H29F3N2O2/c1-16(2,3)24-15(23)22-10-4-13(5-11-22)12-21-8-6-14(7-9-21)17(18,19)20/h13-14H,4-12H2,1-3H3. The van der Waals surface area contributed by atoms with Crippen molar-refractivity contribution in [3.8, 4) is 0 Å². The molecule has 2 rings (SSSR count). The molecule has 2 fully saturated rings. The molecule has 7 heteroatoms. The first kappa shape index (κ1) is 19.3. The van der Waals surface area contributed by atoms with E-state index in [1.165, 1.54) is 0 Å². The second-order valence-electron chi connectivity index (χ2n) is 8.03. The van der Waals surface area contributed by atoms with Crippen molar-refractivity contribution in [2.45, 2.75) is 58.2 Å². The number of nitrogens with zero attached hydrogens (tertiary/aromatic N) is 2. The van der Waals surface area contributed by atoms with Crippen molar-refractivity contribution in [3.63, 3.8) is 0 Å². The number of halogens is 3. The number of piperidine rings is 2. The van der Waals surface area contributed by atoms with Gasteiger partial charge in [-0.25, -0.2) is 4.79 Å². The highest BCUT2D eigenvalue weighted by Crippen LogP contribution is 2.34. The Balaban J connectivity index is 1.70. The van der Waals surface area contributed by atoms with Crippen molar-refractivity contribution in [1.29, 1.82) is 0 Å². The molecule has 0 bridgehead atoms. The van der Waals surface area contributed by atoms with E-state index >= 15 is 0 Å². The number of carbonyl (C=O) groups excluding carboxylic acids is 1. The van der Waals surface area contributed by atoms with E-state index in [9.17, 15) is 18.0 Å². The topological polar surface area (TPSA) is 32.8 Å². The van der Waals surface area contributed by atoms with E-state index in [1.54, 1.807) is 4.90 Å². The van der Waals surface area contributed by atoms with Crippen LogP contribution in [0, 0.1) is 11.8 Å². The summed E-state index contributed by atoms with van der Waals surface area (Å²) < 4.78 is 43.5. The van der Waals surface area contributed by atoms with Gasteiger partial charge in [0.2, 0.25) is 0 Å². The Morgan fingerprint density at radius 2 is 1.54 bits per heavy atom. The minimum Gasteiger partial charge on any atom is -0.444 e. The molecule has 0 aromatic rings. The van der Waals surface area contributed by atoms with E-state index in [0.29, 0.717) is 32.1 Å². The molecule has 0 aromatic heterocycles. The largest absolute Gasteiger partial charge is 0.444 e. The summed E-state index contributed by atoms with van der Waals surface area (Å²) in [5.74, 6) is -0.686. The maximum Gasteiger partial charge on any atom is 0.410 e. The molecule has 0 N–H and O–H groups in total. The van der Waals surface area contributed by atoms with Crippen molar-refractivity contribution < 1.29 is 22.7 Å². The van der Waals surface area contributed by atoms with E-state index in [2.05, 4.69) is 4.90 Å². The smallest absolute Gasteiger partial charge is 0.410 e. The fourth-order valence-electron chi connectivity index (χ4n) is 3.43. The van der Waals surface area contributed by atoms with Gasteiger partial charge >= 0.3 is 12.3 Å². The molecule has 2 heterocycles. The van der Waals surface area contributed by atoms with Crippen LogP contribution in [0.2, 0.25) is 0 Å². The lowest BCUT2D eigenvalue weighted by Crippen LogP contribution is -2.45. The Kier molecular flexibility index (Phi) is 6.04. The number of rotatable bonds is 2. The number of amides is 1. The molecule has 140 valence electrons. The van der Waals surface area contributed by atoms with Crippen molar-refractivity contribution >= 4 is 6.09 Å². The van der Waals surface area contributed by atoms with Crippen LogP contribution in [-0.2, 0) is 4.74 Å². The zero-order valence-electron chi connectivity index (χ0n) is 14.9. The number of ether oxygens (including phenoxy) is 1. The van der Waals surface area contributed by atoms with Crippen molar-refractivity contribution in [1.82, 2.24) is 9.80 Å². The van der Waals surface area contributed by atoms with Gasteiger partial charge in [0.15, 0.2) is 0 Å². The summed E-state index contributed by atoms with van der Waals surface area (Å²) in [6, 6.07) is 0. The third kappa shape index (κ3) is 5.83. The zero-order chi connectivity index (χ0) is 18.0. The van der Waals surface area contributed by atoms with Gasteiger partial charge < -0.3 is 14.5 Å². The van der Waals surface area contributed by atoms with Gasteiger partial charge in [0.1, 0.15) is 5.60 Å². The second-order valence-corrected chi connectivity index (χ2v) is 8.03. The van der Waals surface area contributed by atoms with Gasteiger partial charge in [-0.2, -0.15) is 13.2 Å². The highest BCUT2D eigenvalue weighted by molar-refractivity contribution is 5.68.